The Morgan fingerprint density at radius 2 is 1.35 bits per heavy atom. The van der Waals surface area contributed by atoms with Gasteiger partial charge in [-0.1, -0.05) is 41.4 Å². The Hall–Kier alpha value is -4.75. The van der Waals surface area contributed by atoms with Crippen LogP contribution in [-0.4, -0.2) is 24.0 Å². The molecule has 4 rings (SSSR count). The van der Waals surface area contributed by atoms with Crippen LogP contribution in [0.2, 0.25) is 5.02 Å². The van der Waals surface area contributed by atoms with Gasteiger partial charge in [0.05, 0.1) is 11.8 Å². The molecular weight excluding hydrogens is 490 g/mol. The first kappa shape index (κ1) is 25.3. The number of nitrogens with zero attached hydrogens (tertiary/aromatic N) is 1. The number of para-hydroxylation sites is 1. The number of esters is 1. The number of nitrogens with one attached hydrogen (secondary N) is 2. The molecule has 0 fully saturated rings. The van der Waals surface area contributed by atoms with Crippen molar-refractivity contribution in [2.75, 3.05) is 5.32 Å². The molecule has 0 aliphatic rings. The lowest BCUT2D eigenvalue weighted by molar-refractivity contribution is 0.0734. The molecule has 0 atom stereocenters. The Labute approximate surface area is 218 Å². The topological polar surface area (TPSA) is 96.9 Å². The van der Waals surface area contributed by atoms with Gasteiger partial charge in [0.25, 0.3) is 11.8 Å². The van der Waals surface area contributed by atoms with Gasteiger partial charge in [-0.3, -0.25) is 9.59 Å². The predicted octanol–water partition coefficient (Wildman–Crippen LogP) is 5.88. The third-order valence-corrected chi connectivity index (χ3v) is 5.54. The van der Waals surface area contributed by atoms with Crippen LogP contribution in [0.1, 0.15) is 42.2 Å². The number of halogens is 1. The minimum absolute atomic E-state index is 0.239. The quantitative estimate of drug-likeness (QED) is 0.140. The molecule has 0 aliphatic carbocycles. The summed E-state index contributed by atoms with van der Waals surface area (Å²) in [6.07, 6.45) is 1.39. The largest absolute Gasteiger partial charge is 0.422 e. The summed E-state index contributed by atoms with van der Waals surface area (Å²) in [6, 6.07) is 26.8. The Morgan fingerprint density at radius 3 is 2.05 bits per heavy atom. The minimum Gasteiger partial charge on any atom is -0.422 e. The van der Waals surface area contributed by atoms with Gasteiger partial charge in [0.1, 0.15) is 5.75 Å². The maximum absolute atomic E-state index is 12.5. The average Bonchev–Trinajstić information content (AvgIpc) is 2.90. The van der Waals surface area contributed by atoms with Crippen molar-refractivity contribution in [2.24, 2.45) is 5.10 Å². The smallest absolute Gasteiger partial charge is 0.343 e. The number of carbonyl (C=O) groups excluding carboxylic acids is 3. The number of aryl methyl sites for hydroxylation is 1. The molecule has 0 spiro atoms. The third kappa shape index (κ3) is 6.90. The summed E-state index contributed by atoms with van der Waals surface area (Å²) in [5.74, 6) is -0.939. The second-order valence-corrected chi connectivity index (χ2v) is 8.47. The van der Waals surface area contributed by atoms with E-state index in [1.807, 2.05) is 19.1 Å². The number of hydrogen-bond acceptors (Lipinski definition) is 5. The summed E-state index contributed by atoms with van der Waals surface area (Å²) >= 11 is 5.86. The molecule has 0 saturated heterocycles. The molecule has 2 N–H and O–H groups in total. The van der Waals surface area contributed by atoms with Crippen LogP contribution in [0.25, 0.3) is 0 Å². The maximum atomic E-state index is 12.5. The van der Waals surface area contributed by atoms with Crippen LogP contribution in [0, 0.1) is 6.92 Å². The van der Waals surface area contributed by atoms with Gasteiger partial charge in [-0.2, -0.15) is 5.10 Å². The summed E-state index contributed by atoms with van der Waals surface area (Å²) in [4.78, 5) is 37.3. The van der Waals surface area contributed by atoms with Gasteiger partial charge >= 0.3 is 5.97 Å². The monoisotopic (exact) mass is 511 g/mol. The van der Waals surface area contributed by atoms with Crippen molar-refractivity contribution in [3.8, 4) is 5.75 Å². The predicted molar refractivity (Wildman–Crippen MR) is 143 cm³/mol. The van der Waals surface area contributed by atoms with Crippen LogP contribution >= 0.6 is 11.6 Å². The number of hydrazone groups is 1. The third-order valence-electron chi connectivity index (χ3n) is 5.29. The molecule has 8 heteroatoms. The van der Waals surface area contributed by atoms with Crippen molar-refractivity contribution in [1.82, 2.24) is 5.43 Å². The van der Waals surface area contributed by atoms with Gasteiger partial charge in [-0.05, 0) is 79.7 Å². The van der Waals surface area contributed by atoms with E-state index in [9.17, 15) is 14.4 Å². The zero-order valence-electron chi connectivity index (χ0n) is 19.8. The van der Waals surface area contributed by atoms with E-state index in [-0.39, 0.29) is 11.7 Å². The Morgan fingerprint density at radius 1 is 0.757 bits per heavy atom. The highest BCUT2D eigenvalue weighted by molar-refractivity contribution is 6.30. The highest BCUT2D eigenvalue weighted by Crippen LogP contribution is 2.19. The Kier molecular flexibility index (Phi) is 8.08. The lowest BCUT2D eigenvalue weighted by atomic mass is 10.1. The molecule has 4 aromatic carbocycles. The molecule has 0 radical (unpaired) electrons. The molecule has 0 aromatic heterocycles. The van der Waals surface area contributed by atoms with Crippen LogP contribution in [0.3, 0.4) is 0 Å². The van der Waals surface area contributed by atoms with Gasteiger partial charge < -0.3 is 10.1 Å². The fourth-order valence-electron chi connectivity index (χ4n) is 3.26. The van der Waals surface area contributed by atoms with Gasteiger partial charge in [0, 0.05) is 27.4 Å². The van der Waals surface area contributed by atoms with Crippen molar-refractivity contribution in [3.05, 3.63) is 130 Å². The van der Waals surface area contributed by atoms with E-state index >= 15 is 0 Å². The van der Waals surface area contributed by atoms with E-state index in [0.717, 1.165) is 5.56 Å². The molecule has 37 heavy (non-hydrogen) atoms. The summed E-state index contributed by atoms with van der Waals surface area (Å²) in [6.45, 7) is 1.95. The molecule has 0 aliphatic heterocycles. The molecule has 0 heterocycles. The number of benzene rings is 4. The van der Waals surface area contributed by atoms with Gasteiger partial charge in [-0.25, -0.2) is 10.2 Å². The van der Waals surface area contributed by atoms with Crippen LogP contribution in [0.5, 0.6) is 5.75 Å². The van der Waals surface area contributed by atoms with Gasteiger partial charge in [0.15, 0.2) is 0 Å². The van der Waals surface area contributed by atoms with E-state index in [1.165, 1.54) is 6.21 Å². The number of ether oxygens (including phenoxy) is 1. The summed E-state index contributed by atoms with van der Waals surface area (Å²) in [5, 5.41) is 7.30. The number of amides is 2. The zero-order chi connectivity index (χ0) is 26.2. The summed E-state index contributed by atoms with van der Waals surface area (Å²) < 4.78 is 5.48. The van der Waals surface area contributed by atoms with Gasteiger partial charge in [0.2, 0.25) is 0 Å². The van der Waals surface area contributed by atoms with Crippen molar-refractivity contribution in [1.29, 1.82) is 0 Å². The minimum atomic E-state index is -0.545. The Bertz CT molecular complexity index is 1450. The van der Waals surface area contributed by atoms with Crippen LogP contribution in [0.15, 0.2) is 102 Å². The maximum Gasteiger partial charge on any atom is 0.343 e. The zero-order valence-corrected chi connectivity index (χ0v) is 20.5. The molecule has 4 aromatic rings. The summed E-state index contributed by atoms with van der Waals surface area (Å²) in [5.41, 5.74) is 5.82. The van der Waals surface area contributed by atoms with Crippen molar-refractivity contribution >= 4 is 41.3 Å². The average molecular weight is 512 g/mol. The standard InChI is InChI=1S/C29H22ClN3O4/c1-19-6-8-20(9-7-19)27(34)32-25-16-12-21(13-17-25)28(35)33-31-18-23-4-2-3-5-26(23)37-29(36)22-10-14-24(30)15-11-22/h2-18H,1H3,(H,32,34)(H,33,35)/b31-18-. The van der Waals surface area contributed by atoms with Crippen LogP contribution in [-0.2, 0) is 0 Å². The number of carbonyl (C=O) groups is 3. The SMILES string of the molecule is Cc1ccc(C(=O)Nc2ccc(C(=O)N/N=C\c3ccccc3OC(=O)c3ccc(Cl)cc3)cc2)cc1. The van der Waals surface area contributed by atoms with E-state index < -0.39 is 11.9 Å². The fraction of sp³-hybridized carbons (Fsp3) is 0.0345. The molecule has 0 bridgehead atoms. The van der Waals surface area contributed by atoms with E-state index in [4.69, 9.17) is 16.3 Å². The molecular formula is C29H22ClN3O4. The molecule has 7 nitrogen and oxygen atoms in total. The van der Waals surface area contributed by atoms with Crippen molar-refractivity contribution < 1.29 is 19.1 Å². The number of rotatable bonds is 7. The number of anilines is 1. The molecule has 184 valence electrons. The lowest BCUT2D eigenvalue weighted by Gasteiger charge is -2.08. The highest BCUT2D eigenvalue weighted by Gasteiger charge is 2.11. The van der Waals surface area contributed by atoms with Crippen molar-refractivity contribution in [3.63, 3.8) is 0 Å². The van der Waals surface area contributed by atoms with E-state index in [1.54, 1.807) is 84.9 Å². The van der Waals surface area contributed by atoms with Crippen molar-refractivity contribution in [2.45, 2.75) is 6.92 Å². The Balaban J connectivity index is 1.35. The molecule has 0 saturated carbocycles. The first-order valence-electron chi connectivity index (χ1n) is 11.3. The molecule has 2 amide bonds. The van der Waals surface area contributed by atoms with Gasteiger partial charge in [-0.15, -0.1) is 0 Å². The normalized spacial score (nSPS) is 10.6. The van der Waals surface area contributed by atoms with E-state index in [2.05, 4.69) is 15.8 Å². The van der Waals surface area contributed by atoms with Crippen LogP contribution < -0.4 is 15.5 Å². The second-order valence-electron chi connectivity index (χ2n) is 8.03. The first-order valence-corrected chi connectivity index (χ1v) is 11.6. The first-order chi connectivity index (χ1) is 17.9. The lowest BCUT2D eigenvalue weighted by Crippen LogP contribution is -2.18. The molecule has 0 unspecified atom stereocenters. The van der Waals surface area contributed by atoms with Crippen LogP contribution in [0.4, 0.5) is 5.69 Å². The number of hydrogen-bond donors (Lipinski definition) is 2. The highest BCUT2D eigenvalue weighted by atomic mass is 35.5. The summed E-state index contributed by atoms with van der Waals surface area (Å²) in [7, 11) is 0. The fourth-order valence-corrected chi connectivity index (χ4v) is 3.39. The second kappa shape index (κ2) is 11.8. The van der Waals surface area contributed by atoms with E-state index in [0.29, 0.717) is 33.0 Å².